The van der Waals surface area contributed by atoms with Crippen LogP contribution in [-0.2, 0) is 54.1 Å². The first-order valence-electron chi connectivity index (χ1n) is 22.8. The van der Waals surface area contributed by atoms with Crippen LogP contribution in [0.3, 0.4) is 0 Å². The van der Waals surface area contributed by atoms with Gasteiger partial charge in [0.2, 0.25) is 5.88 Å². The third kappa shape index (κ3) is 10.5. The molecule has 3 saturated heterocycles. The third-order valence-corrected chi connectivity index (χ3v) is 12.7. The normalized spacial score (nSPS) is 16.7. The van der Waals surface area contributed by atoms with Crippen molar-refractivity contribution in [1.82, 2.24) is 19.9 Å². The van der Waals surface area contributed by atoms with Crippen molar-refractivity contribution in [2.75, 3.05) is 70.2 Å². The Morgan fingerprint density at radius 3 is 1.96 bits per heavy atom. The summed E-state index contributed by atoms with van der Waals surface area (Å²) in [4.78, 5) is 43.2. The molecule has 0 spiro atoms. The fourth-order valence-corrected chi connectivity index (χ4v) is 8.23. The van der Waals surface area contributed by atoms with E-state index in [1.54, 1.807) is 55.5 Å². The summed E-state index contributed by atoms with van der Waals surface area (Å²) < 4.78 is 114. The molecule has 0 radical (unpaired) electrons. The summed E-state index contributed by atoms with van der Waals surface area (Å²) in [7, 11) is 0. The van der Waals surface area contributed by atoms with Crippen LogP contribution in [-0.4, -0.2) is 96.4 Å². The molecule has 7 heterocycles. The number of pyridine rings is 4. The maximum atomic E-state index is 16.1. The molecule has 6 aromatic rings. The van der Waals surface area contributed by atoms with E-state index in [4.69, 9.17) is 23.7 Å². The molecular weight excluding hydrogens is 951 g/mol. The van der Waals surface area contributed by atoms with E-state index in [0.717, 1.165) is 12.3 Å². The lowest BCUT2D eigenvalue weighted by atomic mass is 9.82. The number of hydrogen-bond donors (Lipinski definition) is 3. The van der Waals surface area contributed by atoms with Gasteiger partial charge in [0.25, 0.3) is 11.8 Å². The lowest BCUT2D eigenvalue weighted by Gasteiger charge is -2.39. The zero-order valence-corrected chi connectivity index (χ0v) is 39.2. The Labute approximate surface area is 409 Å². The molecule has 2 amide bonds. The van der Waals surface area contributed by atoms with Gasteiger partial charge in [-0.1, -0.05) is 6.07 Å². The fourth-order valence-electron chi connectivity index (χ4n) is 8.23. The zero-order valence-electron chi connectivity index (χ0n) is 39.2. The van der Waals surface area contributed by atoms with E-state index in [-0.39, 0.29) is 93.4 Å². The van der Waals surface area contributed by atoms with E-state index < -0.39 is 52.7 Å². The van der Waals surface area contributed by atoms with Crippen molar-refractivity contribution < 1.29 is 64.7 Å². The largest absolute Gasteiger partial charge is 0.475 e. The highest BCUT2D eigenvalue weighted by Gasteiger charge is 2.45. The smallest absolute Gasteiger partial charge is 0.433 e. The molecule has 3 aliphatic rings. The number of nitrogens with one attached hydrogen (secondary N) is 2. The molecule has 2 aromatic carbocycles. The number of aryl methyl sites for hydroxylation is 1. The van der Waals surface area contributed by atoms with Crippen molar-refractivity contribution in [3.8, 4) is 28.1 Å². The first-order valence-corrected chi connectivity index (χ1v) is 22.8. The Kier molecular flexibility index (Phi) is 13.7. The molecule has 72 heavy (non-hydrogen) atoms. The van der Waals surface area contributed by atoms with Gasteiger partial charge in [0.15, 0.2) is 5.67 Å². The summed E-state index contributed by atoms with van der Waals surface area (Å²) in [6.07, 6.45) is -1.05. The standard InChI is InChI=1S/C52H48F6N6O8/c1-30-40(20-39(21-61-30)63-47(66)31-6-8-59-42(14-31)48(2,3)54)35-16-43(49(23-53)24-69-25-49)64-45(17-35)72-11-10-68-22-33-4-5-38(62-46(65)32-7-9-60-44(15-32)52(56,57)58)19-41(33)34-12-36(50(55)26-70-27-50)18-37(13-34)51(67)28-71-29-51/h4-9,12-21,67H,10-11,22-29H2,1-3H3,(H,62,65)(H,63,66). The minimum atomic E-state index is -4.78. The number of rotatable bonds is 17. The maximum Gasteiger partial charge on any atom is 0.433 e. The Morgan fingerprint density at radius 1 is 0.722 bits per heavy atom. The lowest BCUT2D eigenvalue weighted by Crippen LogP contribution is -2.49. The van der Waals surface area contributed by atoms with Crippen LogP contribution in [0.25, 0.3) is 22.3 Å². The highest BCUT2D eigenvalue weighted by molar-refractivity contribution is 6.05. The number of hydrogen-bond acceptors (Lipinski definition) is 12. The number of alkyl halides is 6. The molecule has 0 aliphatic carbocycles. The predicted octanol–water partition coefficient (Wildman–Crippen LogP) is 8.88. The van der Waals surface area contributed by atoms with Gasteiger partial charge in [-0.25, -0.2) is 18.2 Å². The number of halogens is 6. The van der Waals surface area contributed by atoms with Crippen LogP contribution in [0.4, 0.5) is 37.7 Å². The average molecular weight is 999 g/mol. The highest BCUT2D eigenvalue weighted by atomic mass is 19.4. The summed E-state index contributed by atoms with van der Waals surface area (Å²) in [5, 5.41) is 16.8. The van der Waals surface area contributed by atoms with Crippen LogP contribution >= 0.6 is 0 Å². The van der Waals surface area contributed by atoms with Crippen molar-refractivity contribution in [3.05, 3.63) is 148 Å². The van der Waals surface area contributed by atoms with Crippen LogP contribution in [0.15, 0.2) is 97.5 Å². The molecule has 3 aliphatic heterocycles. The lowest BCUT2D eigenvalue weighted by molar-refractivity contribution is -0.184. The van der Waals surface area contributed by atoms with Crippen LogP contribution in [0.2, 0.25) is 0 Å². The van der Waals surface area contributed by atoms with Crippen molar-refractivity contribution >= 4 is 23.2 Å². The molecule has 3 N–H and O–H groups in total. The first kappa shape index (κ1) is 50.1. The zero-order chi connectivity index (χ0) is 51.1. The molecular formula is C52H48F6N6O8. The predicted molar refractivity (Wildman–Crippen MR) is 250 cm³/mol. The van der Waals surface area contributed by atoms with Crippen LogP contribution < -0.4 is 15.4 Å². The van der Waals surface area contributed by atoms with Crippen LogP contribution in [0.5, 0.6) is 5.88 Å². The third-order valence-electron chi connectivity index (χ3n) is 12.7. The average Bonchev–Trinajstić information content (AvgIpc) is 3.32. The molecule has 9 rings (SSSR count). The number of carbonyl (C=O) groups excluding carboxylic acids is 2. The van der Waals surface area contributed by atoms with E-state index in [1.165, 1.54) is 44.4 Å². The molecule has 14 nitrogen and oxygen atoms in total. The minimum Gasteiger partial charge on any atom is -0.475 e. The second kappa shape index (κ2) is 19.6. The summed E-state index contributed by atoms with van der Waals surface area (Å²) in [5.74, 6) is -1.22. The van der Waals surface area contributed by atoms with E-state index in [0.29, 0.717) is 56.5 Å². The molecule has 3 fully saturated rings. The topological polar surface area (TPSA) is 176 Å². The van der Waals surface area contributed by atoms with E-state index >= 15 is 4.39 Å². The number of ether oxygens (including phenoxy) is 5. The van der Waals surface area contributed by atoms with E-state index in [9.17, 15) is 36.6 Å². The Hall–Kier alpha value is -6.84. The number of amides is 2. The molecule has 0 saturated carbocycles. The summed E-state index contributed by atoms with van der Waals surface area (Å²) in [6, 6.07) is 19.3. The van der Waals surface area contributed by atoms with Crippen LogP contribution in [0.1, 0.15) is 74.0 Å². The van der Waals surface area contributed by atoms with Gasteiger partial charge in [-0.3, -0.25) is 24.5 Å². The van der Waals surface area contributed by atoms with Gasteiger partial charge in [0.1, 0.15) is 30.2 Å². The van der Waals surface area contributed by atoms with Gasteiger partial charge < -0.3 is 39.4 Å². The number of carbonyl (C=O) groups is 2. The van der Waals surface area contributed by atoms with Crippen molar-refractivity contribution in [3.63, 3.8) is 0 Å². The molecule has 4 aromatic heterocycles. The second-order valence-corrected chi connectivity index (χ2v) is 18.6. The summed E-state index contributed by atoms with van der Waals surface area (Å²) in [6.45, 7) is 3.31. The Bertz CT molecular complexity index is 2990. The van der Waals surface area contributed by atoms with E-state index in [1.807, 2.05) is 0 Å². The number of aliphatic hydroxyl groups is 1. The van der Waals surface area contributed by atoms with Gasteiger partial charge in [-0.2, -0.15) is 13.2 Å². The van der Waals surface area contributed by atoms with Crippen LogP contribution in [0, 0.1) is 6.92 Å². The Balaban J connectivity index is 0.960. The summed E-state index contributed by atoms with van der Waals surface area (Å²) >= 11 is 0. The van der Waals surface area contributed by atoms with Gasteiger partial charge in [-0.05, 0) is 121 Å². The number of benzene rings is 2. The molecule has 0 atom stereocenters. The minimum absolute atomic E-state index is 0.00810. The number of nitrogens with zero attached hydrogens (tertiary/aromatic N) is 4. The fraction of sp³-hybridized carbons (Fsp3) is 0.346. The van der Waals surface area contributed by atoms with Gasteiger partial charge >= 0.3 is 6.18 Å². The Morgan fingerprint density at radius 2 is 1.35 bits per heavy atom. The van der Waals surface area contributed by atoms with Gasteiger partial charge in [0, 0.05) is 46.5 Å². The SMILES string of the molecule is Cc1ncc(NC(=O)c2ccnc(C(C)(C)F)c2)cc1-c1cc(OCCOCc2ccc(NC(=O)c3ccnc(C(F)(F)F)c3)cc2-c2cc(C3(O)COC3)cc(C3(F)COC3)c2)nc(C2(CF)COC2)c1. The molecule has 376 valence electrons. The van der Waals surface area contributed by atoms with Crippen molar-refractivity contribution in [1.29, 1.82) is 0 Å². The quantitative estimate of drug-likeness (QED) is 0.0586. The van der Waals surface area contributed by atoms with Crippen molar-refractivity contribution in [2.24, 2.45) is 0 Å². The second-order valence-electron chi connectivity index (χ2n) is 18.6. The number of aromatic nitrogens is 4. The van der Waals surface area contributed by atoms with Gasteiger partial charge in [0.05, 0.1) is 81.5 Å². The maximum absolute atomic E-state index is 16.1. The summed E-state index contributed by atoms with van der Waals surface area (Å²) in [5.41, 5.74) is -2.59. The molecule has 0 bridgehead atoms. The number of anilines is 2. The first-order chi connectivity index (χ1) is 34.2. The monoisotopic (exact) mass is 998 g/mol. The van der Waals surface area contributed by atoms with E-state index in [2.05, 4.69) is 30.6 Å². The van der Waals surface area contributed by atoms with Crippen molar-refractivity contribution in [2.45, 2.75) is 55.9 Å². The van der Waals surface area contributed by atoms with Gasteiger partial charge in [-0.15, -0.1) is 0 Å². The molecule has 0 unspecified atom stereocenters. The highest BCUT2D eigenvalue weighted by Crippen LogP contribution is 2.42. The molecule has 20 heteroatoms.